The number of anilines is 2. The molecule has 2 aromatic carbocycles. The second-order valence-corrected chi connectivity index (χ2v) is 6.52. The molecule has 0 unspecified atom stereocenters. The zero-order chi connectivity index (χ0) is 17.1. The van der Waals surface area contributed by atoms with Crippen molar-refractivity contribution in [3.05, 3.63) is 83.0 Å². The van der Waals surface area contributed by atoms with Crippen LogP contribution in [0.4, 0.5) is 11.8 Å². The van der Waals surface area contributed by atoms with Gasteiger partial charge in [0.25, 0.3) is 0 Å². The molecule has 0 saturated heterocycles. The number of hydrogen-bond donors (Lipinski definition) is 1. The lowest BCUT2D eigenvalue weighted by atomic mass is 10.0. The first kappa shape index (κ1) is 15.6. The Morgan fingerprint density at radius 2 is 1.80 bits per heavy atom. The molecular weight excluding hydrogens is 308 g/mol. The molecule has 0 spiro atoms. The molecule has 0 fully saturated rings. The van der Waals surface area contributed by atoms with Crippen molar-refractivity contribution in [1.29, 1.82) is 0 Å². The van der Waals surface area contributed by atoms with Crippen LogP contribution in [-0.4, -0.2) is 16.5 Å². The number of rotatable bonds is 4. The van der Waals surface area contributed by atoms with Gasteiger partial charge in [-0.2, -0.15) is 4.98 Å². The van der Waals surface area contributed by atoms with E-state index in [1.54, 1.807) is 0 Å². The van der Waals surface area contributed by atoms with Crippen molar-refractivity contribution in [2.24, 2.45) is 0 Å². The maximum atomic E-state index is 4.71. The molecule has 4 rings (SSSR count). The average Bonchev–Trinajstić information content (AvgIpc) is 2.67. The molecule has 1 aliphatic heterocycles. The van der Waals surface area contributed by atoms with Crippen LogP contribution in [-0.2, 0) is 19.5 Å². The summed E-state index contributed by atoms with van der Waals surface area (Å²) in [5.41, 5.74) is 5.33. The van der Waals surface area contributed by atoms with Crippen molar-refractivity contribution >= 4 is 11.8 Å². The molecule has 0 amide bonds. The van der Waals surface area contributed by atoms with Crippen LogP contribution in [0.1, 0.15) is 22.3 Å². The molecule has 1 aliphatic rings. The van der Waals surface area contributed by atoms with Crippen molar-refractivity contribution in [1.82, 2.24) is 9.97 Å². The highest BCUT2D eigenvalue weighted by atomic mass is 15.3. The van der Waals surface area contributed by atoms with Gasteiger partial charge in [0.1, 0.15) is 5.82 Å². The molecule has 25 heavy (non-hydrogen) atoms. The van der Waals surface area contributed by atoms with E-state index >= 15 is 0 Å². The second-order valence-electron chi connectivity index (χ2n) is 6.52. The number of benzene rings is 2. The molecule has 0 bridgehead atoms. The van der Waals surface area contributed by atoms with Gasteiger partial charge in [-0.25, -0.2) is 4.98 Å². The highest BCUT2D eigenvalue weighted by Crippen LogP contribution is 2.22. The van der Waals surface area contributed by atoms with E-state index in [-0.39, 0.29) is 0 Å². The minimum atomic E-state index is 0.763. The summed E-state index contributed by atoms with van der Waals surface area (Å²) in [6.07, 6.45) is 2.88. The molecule has 1 N–H and O–H groups in total. The van der Waals surface area contributed by atoms with Gasteiger partial charge in [0.2, 0.25) is 5.95 Å². The lowest BCUT2D eigenvalue weighted by Crippen LogP contribution is -2.31. The van der Waals surface area contributed by atoms with Gasteiger partial charge in [0.05, 0.1) is 0 Å². The smallest absolute Gasteiger partial charge is 0.227 e. The zero-order valence-electron chi connectivity index (χ0n) is 14.4. The molecule has 2 heterocycles. The third-order valence-electron chi connectivity index (χ3n) is 4.65. The number of nitrogens with one attached hydrogen (secondary N) is 1. The Bertz CT molecular complexity index is 858. The highest BCUT2D eigenvalue weighted by Gasteiger charge is 2.18. The molecule has 0 atom stereocenters. The first-order valence-corrected chi connectivity index (χ1v) is 8.72. The Morgan fingerprint density at radius 1 is 1.00 bits per heavy atom. The van der Waals surface area contributed by atoms with Crippen LogP contribution in [0.25, 0.3) is 0 Å². The fraction of sp³-hybridized carbons (Fsp3) is 0.238. The lowest BCUT2D eigenvalue weighted by molar-refractivity contribution is 0.708. The third kappa shape index (κ3) is 3.63. The van der Waals surface area contributed by atoms with Crippen LogP contribution in [0, 0.1) is 6.92 Å². The van der Waals surface area contributed by atoms with Gasteiger partial charge >= 0.3 is 0 Å². The van der Waals surface area contributed by atoms with Crippen molar-refractivity contribution in [2.45, 2.75) is 26.4 Å². The van der Waals surface area contributed by atoms with E-state index in [2.05, 4.69) is 70.7 Å². The largest absolute Gasteiger partial charge is 0.366 e. The molecule has 126 valence electrons. The average molecular weight is 330 g/mol. The van der Waals surface area contributed by atoms with Gasteiger partial charge in [-0.05, 0) is 36.1 Å². The molecule has 0 radical (unpaired) electrons. The summed E-state index contributed by atoms with van der Waals surface area (Å²) in [4.78, 5) is 11.4. The van der Waals surface area contributed by atoms with Crippen molar-refractivity contribution in [3.8, 4) is 0 Å². The molecule has 3 aromatic rings. The molecule has 0 aliphatic carbocycles. The quantitative estimate of drug-likeness (QED) is 0.786. The first-order chi connectivity index (χ1) is 12.3. The fourth-order valence-corrected chi connectivity index (χ4v) is 3.16. The SMILES string of the molecule is Cc1ccc(CNc2ccnc(N3CCc4ccccc4C3)n2)cc1. The normalized spacial score (nSPS) is 13.4. The monoisotopic (exact) mass is 330 g/mol. The molecular formula is C21H22N4. The third-order valence-corrected chi connectivity index (χ3v) is 4.65. The maximum absolute atomic E-state index is 4.71. The molecule has 1 aromatic heterocycles. The molecule has 4 heteroatoms. The van der Waals surface area contributed by atoms with Crippen molar-refractivity contribution < 1.29 is 0 Å². The van der Waals surface area contributed by atoms with Gasteiger partial charge < -0.3 is 10.2 Å². The van der Waals surface area contributed by atoms with Crippen LogP contribution in [0.5, 0.6) is 0 Å². The summed E-state index contributed by atoms with van der Waals surface area (Å²) in [7, 11) is 0. The predicted octanol–water partition coefficient (Wildman–Crippen LogP) is 3.96. The van der Waals surface area contributed by atoms with E-state index in [0.717, 1.165) is 37.8 Å². The Labute approximate surface area is 148 Å². The summed E-state index contributed by atoms with van der Waals surface area (Å²) in [5, 5.41) is 3.40. The van der Waals surface area contributed by atoms with E-state index in [0.29, 0.717) is 0 Å². The number of nitrogens with zero attached hydrogens (tertiary/aromatic N) is 3. The van der Waals surface area contributed by atoms with E-state index in [4.69, 9.17) is 4.98 Å². The number of aromatic nitrogens is 2. The van der Waals surface area contributed by atoms with Crippen LogP contribution in [0.2, 0.25) is 0 Å². The number of hydrogen-bond acceptors (Lipinski definition) is 4. The highest BCUT2D eigenvalue weighted by molar-refractivity contribution is 5.45. The topological polar surface area (TPSA) is 41.1 Å². The number of fused-ring (bicyclic) bond motifs is 1. The van der Waals surface area contributed by atoms with Gasteiger partial charge in [-0.3, -0.25) is 0 Å². The molecule has 4 nitrogen and oxygen atoms in total. The van der Waals surface area contributed by atoms with Crippen molar-refractivity contribution in [2.75, 3.05) is 16.8 Å². The zero-order valence-corrected chi connectivity index (χ0v) is 14.4. The van der Waals surface area contributed by atoms with E-state index in [9.17, 15) is 0 Å². The van der Waals surface area contributed by atoms with Gasteiger partial charge in [0, 0.05) is 25.8 Å². The summed E-state index contributed by atoms with van der Waals surface area (Å²) in [6.45, 7) is 4.69. The Balaban J connectivity index is 1.45. The van der Waals surface area contributed by atoms with Crippen LogP contribution < -0.4 is 10.2 Å². The van der Waals surface area contributed by atoms with E-state index < -0.39 is 0 Å². The Kier molecular flexibility index (Phi) is 4.34. The minimum absolute atomic E-state index is 0.763. The van der Waals surface area contributed by atoms with Crippen LogP contribution in [0.15, 0.2) is 60.8 Å². The maximum Gasteiger partial charge on any atom is 0.227 e. The lowest BCUT2D eigenvalue weighted by Gasteiger charge is -2.28. The Morgan fingerprint density at radius 3 is 2.64 bits per heavy atom. The summed E-state index contributed by atoms with van der Waals surface area (Å²) < 4.78 is 0. The fourth-order valence-electron chi connectivity index (χ4n) is 3.16. The van der Waals surface area contributed by atoms with Crippen molar-refractivity contribution in [3.63, 3.8) is 0 Å². The van der Waals surface area contributed by atoms with Crippen LogP contribution >= 0.6 is 0 Å². The summed E-state index contributed by atoms with van der Waals surface area (Å²) in [5.74, 6) is 1.66. The van der Waals surface area contributed by atoms with E-state index in [1.807, 2.05) is 12.3 Å². The Hall–Kier alpha value is -2.88. The van der Waals surface area contributed by atoms with Gasteiger partial charge in [-0.1, -0.05) is 54.1 Å². The standard InChI is InChI=1S/C21H22N4/c1-16-6-8-17(9-7-16)14-23-20-10-12-22-21(24-20)25-13-11-18-4-2-3-5-19(18)15-25/h2-10,12H,11,13-15H2,1H3,(H,22,23,24). The molecule has 0 saturated carbocycles. The summed E-state index contributed by atoms with van der Waals surface area (Å²) in [6, 6.07) is 19.1. The minimum Gasteiger partial charge on any atom is -0.366 e. The van der Waals surface area contributed by atoms with Gasteiger partial charge in [0.15, 0.2) is 0 Å². The van der Waals surface area contributed by atoms with E-state index in [1.165, 1.54) is 22.3 Å². The predicted molar refractivity (Wildman–Crippen MR) is 102 cm³/mol. The van der Waals surface area contributed by atoms with Gasteiger partial charge in [-0.15, -0.1) is 0 Å². The number of aryl methyl sites for hydroxylation is 1. The second kappa shape index (κ2) is 6.93. The van der Waals surface area contributed by atoms with Crippen LogP contribution in [0.3, 0.4) is 0 Å². The first-order valence-electron chi connectivity index (χ1n) is 8.72. The summed E-state index contributed by atoms with van der Waals surface area (Å²) >= 11 is 0.